The van der Waals surface area contributed by atoms with Gasteiger partial charge in [-0.05, 0) is 24.5 Å². The van der Waals surface area contributed by atoms with Gasteiger partial charge >= 0.3 is 0 Å². The van der Waals surface area contributed by atoms with Crippen LogP contribution in [0.1, 0.15) is 29.9 Å². The number of para-hydroxylation sites is 1. The van der Waals surface area contributed by atoms with Gasteiger partial charge in [-0.15, -0.1) is 0 Å². The van der Waals surface area contributed by atoms with Crippen molar-refractivity contribution in [3.63, 3.8) is 0 Å². The van der Waals surface area contributed by atoms with Crippen LogP contribution in [0.3, 0.4) is 0 Å². The summed E-state index contributed by atoms with van der Waals surface area (Å²) >= 11 is 0. The molecule has 1 amide bonds. The predicted molar refractivity (Wildman–Crippen MR) is 94.8 cm³/mol. The highest BCUT2D eigenvalue weighted by Crippen LogP contribution is 2.19. The van der Waals surface area contributed by atoms with Crippen molar-refractivity contribution in [3.8, 4) is 0 Å². The number of sulfonamides is 1. The zero-order valence-corrected chi connectivity index (χ0v) is 15.1. The Morgan fingerprint density at radius 2 is 2.12 bits per heavy atom. The van der Waals surface area contributed by atoms with E-state index in [1.165, 1.54) is 12.5 Å². The number of carbonyl (C=O) groups excluding carboxylic acids is 1. The minimum Gasteiger partial charge on any atom is -0.350 e. The van der Waals surface area contributed by atoms with Gasteiger partial charge in [0, 0.05) is 23.6 Å². The van der Waals surface area contributed by atoms with Gasteiger partial charge in [-0.2, -0.15) is 8.42 Å². The highest BCUT2D eigenvalue weighted by molar-refractivity contribution is 7.90. The first-order valence-corrected chi connectivity index (χ1v) is 9.42. The molecule has 8 heteroatoms. The molecular formula is C17H20N4O3S. The normalized spacial score (nSPS) is 12.0. The minimum absolute atomic E-state index is 0.172. The number of nitrogens with zero attached hydrogens (tertiary/aromatic N) is 2. The molecule has 132 valence electrons. The van der Waals surface area contributed by atoms with Gasteiger partial charge in [0.2, 0.25) is 0 Å². The SMILES string of the molecule is Cc1cccc2cc(C(=O)NS(=O)(=O)c3cn(CC(C)C)cn3)[nH]c12. The number of hydrogen-bond donors (Lipinski definition) is 2. The number of benzene rings is 1. The van der Waals surface area contributed by atoms with Crippen LogP contribution in [0.4, 0.5) is 0 Å². The molecule has 0 unspecified atom stereocenters. The Morgan fingerprint density at radius 3 is 2.80 bits per heavy atom. The Labute approximate surface area is 146 Å². The molecular weight excluding hydrogens is 340 g/mol. The molecule has 0 saturated heterocycles. The average molecular weight is 360 g/mol. The lowest BCUT2D eigenvalue weighted by atomic mass is 10.2. The zero-order chi connectivity index (χ0) is 18.2. The van der Waals surface area contributed by atoms with Crippen molar-refractivity contribution >= 4 is 26.8 Å². The summed E-state index contributed by atoms with van der Waals surface area (Å²) in [5, 5.41) is 0.678. The molecule has 0 fully saturated rings. The van der Waals surface area contributed by atoms with Crippen LogP contribution in [0.25, 0.3) is 10.9 Å². The molecule has 0 aliphatic rings. The topological polar surface area (TPSA) is 96.8 Å². The molecule has 0 spiro atoms. The van der Waals surface area contributed by atoms with E-state index in [9.17, 15) is 13.2 Å². The van der Waals surface area contributed by atoms with Crippen LogP contribution in [0, 0.1) is 12.8 Å². The number of carbonyl (C=O) groups is 1. The molecule has 1 aromatic carbocycles. The minimum atomic E-state index is -4.02. The second-order valence-corrected chi connectivity index (χ2v) is 8.09. The number of aromatic amines is 1. The maximum Gasteiger partial charge on any atom is 0.283 e. The summed E-state index contributed by atoms with van der Waals surface area (Å²) in [7, 11) is -4.02. The van der Waals surface area contributed by atoms with E-state index in [2.05, 4.69) is 14.7 Å². The largest absolute Gasteiger partial charge is 0.350 e. The van der Waals surface area contributed by atoms with Crippen molar-refractivity contribution < 1.29 is 13.2 Å². The zero-order valence-electron chi connectivity index (χ0n) is 14.3. The van der Waals surface area contributed by atoms with Crippen molar-refractivity contribution in [1.82, 2.24) is 19.3 Å². The first-order chi connectivity index (χ1) is 11.8. The van der Waals surface area contributed by atoms with Crippen LogP contribution < -0.4 is 4.72 Å². The van der Waals surface area contributed by atoms with Crippen molar-refractivity contribution in [3.05, 3.63) is 48.0 Å². The third-order valence-corrected chi connectivity index (χ3v) is 5.01. The van der Waals surface area contributed by atoms with Gasteiger partial charge in [0.1, 0.15) is 5.69 Å². The molecule has 2 N–H and O–H groups in total. The fourth-order valence-corrected chi connectivity index (χ4v) is 3.58. The summed E-state index contributed by atoms with van der Waals surface area (Å²) in [6.07, 6.45) is 2.87. The quantitative estimate of drug-likeness (QED) is 0.730. The van der Waals surface area contributed by atoms with E-state index in [-0.39, 0.29) is 10.7 Å². The van der Waals surface area contributed by atoms with Crippen LogP contribution in [-0.2, 0) is 16.6 Å². The number of H-pyrrole nitrogens is 1. The number of fused-ring (bicyclic) bond motifs is 1. The Kier molecular flexibility index (Phi) is 4.38. The van der Waals surface area contributed by atoms with Crippen LogP contribution in [0.15, 0.2) is 41.8 Å². The number of aryl methyl sites for hydroxylation is 1. The number of nitrogens with one attached hydrogen (secondary N) is 2. The van der Waals surface area contributed by atoms with E-state index in [1.807, 2.05) is 39.0 Å². The molecule has 0 aliphatic heterocycles. The van der Waals surface area contributed by atoms with Crippen LogP contribution in [0.2, 0.25) is 0 Å². The molecule has 0 atom stereocenters. The van der Waals surface area contributed by atoms with Crippen molar-refractivity contribution in [1.29, 1.82) is 0 Å². The molecule has 7 nitrogen and oxygen atoms in total. The van der Waals surface area contributed by atoms with Crippen molar-refractivity contribution in [2.24, 2.45) is 5.92 Å². The van der Waals surface area contributed by atoms with E-state index in [0.717, 1.165) is 16.5 Å². The summed E-state index contributed by atoms with van der Waals surface area (Å²) < 4.78 is 28.5. The summed E-state index contributed by atoms with van der Waals surface area (Å²) in [6, 6.07) is 7.28. The second-order valence-electron chi connectivity index (χ2n) is 6.46. The van der Waals surface area contributed by atoms with E-state index >= 15 is 0 Å². The number of hydrogen-bond acceptors (Lipinski definition) is 4. The Balaban J connectivity index is 1.83. The standard InChI is InChI=1S/C17H20N4O3S/c1-11(2)8-21-9-15(18-10-21)25(23,24)20-17(22)14-7-13-6-4-5-12(3)16(13)19-14/h4-7,9-11,19H,8H2,1-3H3,(H,20,22). The summed E-state index contributed by atoms with van der Waals surface area (Å²) in [6.45, 7) is 6.61. The maximum atomic E-state index is 12.4. The van der Waals surface area contributed by atoms with E-state index in [0.29, 0.717) is 12.5 Å². The molecule has 25 heavy (non-hydrogen) atoms. The predicted octanol–water partition coefficient (Wildman–Crippen LogP) is 2.45. The van der Waals surface area contributed by atoms with Crippen LogP contribution in [-0.4, -0.2) is 28.9 Å². The molecule has 0 saturated carbocycles. The first-order valence-electron chi connectivity index (χ1n) is 7.93. The van der Waals surface area contributed by atoms with E-state index in [4.69, 9.17) is 0 Å². The van der Waals surface area contributed by atoms with Crippen molar-refractivity contribution in [2.45, 2.75) is 32.3 Å². The summed E-state index contributed by atoms with van der Waals surface area (Å²) in [5.74, 6) is -0.358. The highest BCUT2D eigenvalue weighted by Gasteiger charge is 2.22. The highest BCUT2D eigenvalue weighted by atomic mass is 32.2. The number of aromatic nitrogens is 3. The molecule has 2 aromatic heterocycles. The number of imidazole rings is 1. The van der Waals surface area contributed by atoms with Gasteiger partial charge in [0.05, 0.1) is 6.33 Å². The van der Waals surface area contributed by atoms with Gasteiger partial charge in [-0.25, -0.2) is 9.71 Å². The molecule has 0 bridgehead atoms. The monoisotopic (exact) mass is 360 g/mol. The lowest BCUT2D eigenvalue weighted by Gasteiger charge is -2.05. The summed E-state index contributed by atoms with van der Waals surface area (Å²) in [5.41, 5.74) is 1.98. The first kappa shape index (κ1) is 17.2. The summed E-state index contributed by atoms with van der Waals surface area (Å²) in [4.78, 5) is 19.2. The fourth-order valence-electron chi connectivity index (χ4n) is 2.66. The Morgan fingerprint density at radius 1 is 1.36 bits per heavy atom. The van der Waals surface area contributed by atoms with Gasteiger partial charge in [-0.1, -0.05) is 32.0 Å². The molecule has 2 heterocycles. The van der Waals surface area contributed by atoms with Gasteiger partial charge in [0.15, 0.2) is 5.03 Å². The molecule has 3 aromatic rings. The lowest BCUT2D eigenvalue weighted by molar-refractivity contribution is 0.0977. The van der Waals surface area contributed by atoms with Gasteiger partial charge < -0.3 is 9.55 Å². The number of rotatable bonds is 5. The Hall–Kier alpha value is -2.61. The van der Waals surface area contributed by atoms with Crippen molar-refractivity contribution in [2.75, 3.05) is 0 Å². The third kappa shape index (κ3) is 3.58. The fraction of sp³-hybridized carbons (Fsp3) is 0.294. The Bertz CT molecular complexity index is 1030. The van der Waals surface area contributed by atoms with E-state index < -0.39 is 15.9 Å². The lowest BCUT2D eigenvalue weighted by Crippen LogP contribution is -2.31. The van der Waals surface area contributed by atoms with Crippen LogP contribution in [0.5, 0.6) is 0 Å². The molecule has 3 rings (SSSR count). The third-order valence-electron chi connectivity index (χ3n) is 3.80. The van der Waals surface area contributed by atoms with Gasteiger partial charge in [0.25, 0.3) is 15.9 Å². The van der Waals surface area contributed by atoms with Crippen LogP contribution >= 0.6 is 0 Å². The number of amides is 1. The average Bonchev–Trinajstić information content (AvgIpc) is 3.14. The smallest absolute Gasteiger partial charge is 0.283 e. The van der Waals surface area contributed by atoms with Gasteiger partial charge in [-0.3, -0.25) is 4.79 Å². The van der Waals surface area contributed by atoms with E-state index in [1.54, 1.807) is 10.6 Å². The maximum absolute atomic E-state index is 12.4. The molecule has 0 radical (unpaired) electrons. The molecule has 0 aliphatic carbocycles. The second kappa shape index (κ2) is 6.36.